The molecular weight excluding hydrogens is 378 g/mol. The van der Waals surface area contributed by atoms with Crippen molar-refractivity contribution in [3.05, 3.63) is 65.4 Å². The van der Waals surface area contributed by atoms with E-state index < -0.39 is 0 Å². The van der Waals surface area contributed by atoms with E-state index in [1.807, 2.05) is 0 Å². The number of nitrogens with one attached hydrogen (secondary N) is 2. The molecule has 0 spiro atoms. The smallest absolute Gasteiger partial charge is 0.325 e. The minimum Gasteiger partial charge on any atom is -0.468 e. The van der Waals surface area contributed by atoms with E-state index in [9.17, 15) is 9.59 Å². The third kappa shape index (κ3) is 4.17. The Morgan fingerprint density at radius 3 is 2.67 bits per heavy atom. The van der Waals surface area contributed by atoms with Crippen molar-refractivity contribution < 1.29 is 14.3 Å². The third-order valence-corrected chi connectivity index (χ3v) is 5.71. The molecule has 2 heterocycles. The minimum absolute atomic E-state index is 0.0908. The maximum atomic E-state index is 12.5. The summed E-state index contributed by atoms with van der Waals surface area (Å²) >= 11 is 0. The van der Waals surface area contributed by atoms with Crippen molar-refractivity contribution >= 4 is 28.5 Å². The molecule has 4 rings (SSSR count). The van der Waals surface area contributed by atoms with Crippen LogP contribution in [0.25, 0.3) is 10.9 Å². The van der Waals surface area contributed by atoms with E-state index in [0.717, 1.165) is 25.1 Å². The van der Waals surface area contributed by atoms with Crippen LogP contribution in [-0.4, -0.2) is 36.6 Å². The summed E-state index contributed by atoms with van der Waals surface area (Å²) in [6, 6.07) is 15.7. The number of para-hydroxylation sites is 1. The number of hydrogen-bond acceptors (Lipinski definition) is 4. The van der Waals surface area contributed by atoms with Crippen molar-refractivity contribution in [3.8, 4) is 0 Å². The first-order chi connectivity index (χ1) is 14.7. The first kappa shape index (κ1) is 20.0. The number of ether oxygens (including phenoxy) is 1. The van der Waals surface area contributed by atoms with Crippen molar-refractivity contribution in [2.24, 2.45) is 0 Å². The molecule has 0 atom stereocenters. The van der Waals surface area contributed by atoms with Crippen LogP contribution in [0, 0.1) is 0 Å². The Hall–Kier alpha value is -3.28. The number of carbonyl (C=O) groups excluding carboxylic acids is 2. The molecule has 6 heteroatoms. The molecule has 0 saturated heterocycles. The van der Waals surface area contributed by atoms with Crippen LogP contribution >= 0.6 is 0 Å². The second kappa shape index (κ2) is 9.03. The number of aryl methyl sites for hydroxylation is 1. The quantitative estimate of drug-likeness (QED) is 0.590. The van der Waals surface area contributed by atoms with Gasteiger partial charge in [-0.2, -0.15) is 0 Å². The Kier molecular flexibility index (Phi) is 6.02. The number of esters is 1. The van der Waals surface area contributed by atoms with Crippen LogP contribution in [-0.2, 0) is 28.9 Å². The lowest BCUT2D eigenvalue weighted by atomic mass is 10.0. The van der Waals surface area contributed by atoms with Crippen molar-refractivity contribution in [1.82, 2.24) is 9.88 Å². The number of nitrogens with zero attached hydrogens (tertiary/aromatic N) is 1. The molecule has 0 bridgehead atoms. The highest BCUT2D eigenvalue weighted by atomic mass is 16.5. The van der Waals surface area contributed by atoms with Crippen LogP contribution in [0.5, 0.6) is 0 Å². The van der Waals surface area contributed by atoms with Gasteiger partial charge in [0, 0.05) is 40.9 Å². The molecule has 30 heavy (non-hydrogen) atoms. The Balaban J connectivity index is 1.38. The van der Waals surface area contributed by atoms with Gasteiger partial charge in [0.05, 0.1) is 7.11 Å². The molecule has 2 N–H and O–H groups in total. The molecule has 3 aromatic rings. The number of rotatable bonds is 7. The summed E-state index contributed by atoms with van der Waals surface area (Å²) in [5.74, 6) is -0.427. The lowest BCUT2D eigenvalue weighted by Gasteiger charge is -2.17. The zero-order valence-corrected chi connectivity index (χ0v) is 17.2. The van der Waals surface area contributed by atoms with Crippen molar-refractivity contribution in [2.45, 2.75) is 32.2 Å². The number of amides is 1. The van der Waals surface area contributed by atoms with Crippen LogP contribution in [0.2, 0.25) is 0 Å². The van der Waals surface area contributed by atoms with E-state index >= 15 is 0 Å². The van der Waals surface area contributed by atoms with Crippen LogP contribution in [0.3, 0.4) is 0 Å². The second-order valence-electron chi connectivity index (χ2n) is 7.56. The molecule has 2 aromatic carbocycles. The third-order valence-electron chi connectivity index (χ3n) is 5.71. The highest BCUT2D eigenvalue weighted by molar-refractivity contribution is 5.94. The molecule has 6 nitrogen and oxygen atoms in total. The number of fused-ring (bicyclic) bond motifs is 3. The van der Waals surface area contributed by atoms with Gasteiger partial charge in [0.25, 0.3) is 5.91 Å². The fraction of sp³-hybridized carbons (Fsp3) is 0.333. The zero-order valence-electron chi connectivity index (χ0n) is 17.2. The zero-order chi connectivity index (χ0) is 20.9. The predicted molar refractivity (Wildman–Crippen MR) is 118 cm³/mol. The second-order valence-corrected chi connectivity index (χ2v) is 7.56. The summed E-state index contributed by atoms with van der Waals surface area (Å²) in [5, 5.41) is 7.32. The Morgan fingerprint density at radius 2 is 1.87 bits per heavy atom. The van der Waals surface area contributed by atoms with Gasteiger partial charge in [0.2, 0.25) is 0 Å². The van der Waals surface area contributed by atoms with Crippen LogP contribution < -0.4 is 10.6 Å². The molecule has 1 amide bonds. The van der Waals surface area contributed by atoms with E-state index in [0.29, 0.717) is 12.1 Å². The molecule has 1 aromatic heterocycles. The summed E-state index contributed by atoms with van der Waals surface area (Å²) in [7, 11) is 1.35. The van der Waals surface area contributed by atoms with Gasteiger partial charge in [-0.1, -0.05) is 18.2 Å². The molecule has 156 valence electrons. The van der Waals surface area contributed by atoms with Crippen LogP contribution in [0.15, 0.2) is 48.5 Å². The number of carbonyl (C=O) groups is 2. The SMILES string of the molecule is COC(=O)CNc1ccc(C(=O)NCCc2c3n(c4ccccc24)CCCC3)cc1. The number of hydrogen-bond donors (Lipinski definition) is 2. The molecule has 0 saturated carbocycles. The summed E-state index contributed by atoms with van der Waals surface area (Å²) in [5.41, 5.74) is 5.47. The van der Waals surface area contributed by atoms with Gasteiger partial charge in [-0.25, -0.2) is 0 Å². The molecule has 1 aliphatic rings. The molecule has 0 fully saturated rings. The van der Waals surface area contributed by atoms with E-state index in [-0.39, 0.29) is 18.4 Å². The van der Waals surface area contributed by atoms with Gasteiger partial charge in [-0.3, -0.25) is 9.59 Å². The standard InChI is InChI=1S/C24H27N3O3/c1-30-23(28)16-26-18-11-9-17(10-12-18)24(29)25-14-13-20-19-6-2-3-7-21(19)27-15-5-4-8-22(20)27/h2-3,6-7,9-12,26H,4-5,8,13-16H2,1H3,(H,25,29). The van der Waals surface area contributed by atoms with Crippen molar-refractivity contribution in [1.29, 1.82) is 0 Å². The number of aromatic nitrogens is 1. The fourth-order valence-electron chi connectivity index (χ4n) is 4.20. The average molecular weight is 405 g/mol. The topological polar surface area (TPSA) is 72.4 Å². The maximum Gasteiger partial charge on any atom is 0.325 e. The van der Waals surface area contributed by atoms with Gasteiger partial charge >= 0.3 is 5.97 Å². The highest BCUT2D eigenvalue weighted by Crippen LogP contribution is 2.30. The van der Waals surface area contributed by atoms with Gasteiger partial charge in [-0.15, -0.1) is 0 Å². The molecule has 0 aliphatic carbocycles. The summed E-state index contributed by atoms with van der Waals surface area (Å²) < 4.78 is 7.06. The Bertz CT molecular complexity index is 1050. The Morgan fingerprint density at radius 1 is 1.07 bits per heavy atom. The van der Waals surface area contributed by atoms with Gasteiger partial charge < -0.3 is 19.9 Å². The van der Waals surface area contributed by atoms with Gasteiger partial charge in [0.15, 0.2) is 0 Å². The van der Waals surface area contributed by atoms with Crippen molar-refractivity contribution in [3.63, 3.8) is 0 Å². The fourth-order valence-corrected chi connectivity index (χ4v) is 4.20. The summed E-state index contributed by atoms with van der Waals surface area (Å²) in [6.07, 6.45) is 4.39. The largest absolute Gasteiger partial charge is 0.468 e. The molecule has 0 unspecified atom stereocenters. The van der Waals surface area contributed by atoms with Crippen LogP contribution in [0.1, 0.15) is 34.5 Å². The van der Waals surface area contributed by atoms with Gasteiger partial charge in [-0.05, 0) is 61.6 Å². The van der Waals surface area contributed by atoms with E-state index in [1.54, 1.807) is 24.3 Å². The lowest BCUT2D eigenvalue weighted by Crippen LogP contribution is -2.26. The molecule has 0 radical (unpaired) electrons. The van der Waals surface area contributed by atoms with Gasteiger partial charge in [0.1, 0.15) is 6.54 Å². The summed E-state index contributed by atoms with van der Waals surface area (Å²) in [4.78, 5) is 23.7. The minimum atomic E-state index is -0.336. The Labute approximate surface area is 176 Å². The van der Waals surface area contributed by atoms with E-state index in [4.69, 9.17) is 0 Å². The van der Waals surface area contributed by atoms with E-state index in [2.05, 4.69) is 44.2 Å². The normalized spacial score (nSPS) is 13.0. The van der Waals surface area contributed by atoms with Crippen LogP contribution in [0.4, 0.5) is 5.69 Å². The van der Waals surface area contributed by atoms with E-state index in [1.165, 1.54) is 42.1 Å². The number of methoxy groups -OCH3 is 1. The number of benzene rings is 2. The summed E-state index contributed by atoms with van der Waals surface area (Å²) in [6.45, 7) is 1.78. The first-order valence-corrected chi connectivity index (χ1v) is 10.5. The lowest BCUT2D eigenvalue weighted by molar-refractivity contribution is -0.138. The molecular formula is C24H27N3O3. The van der Waals surface area contributed by atoms with Crippen molar-refractivity contribution in [2.75, 3.05) is 25.5 Å². The monoisotopic (exact) mass is 405 g/mol. The highest BCUT2D eigenvalue weighted by Gasteiger charge is 2.19. The predicted octanol–water partition coefficient (Wildman–Crippen LogP) is 3.54. The average Bonchev–Trinajstić information content (AvgIpc) is 3.11. The first-order valence-electron chi connectivity index (χ1n) is 10.5. The molecule has 1 aliphatic heterocycles. The number of anilines is 1. The maximum absolute atomic E-state index is 12.5.